The molecule has 6 nitrogen and oxygen atoms in total. The summed E-state index contributed by atoms with van der Waals surface area (Å²) in [6.45, 7) is 0. The second-order valence-corrected chi connectivity index (χ2v) is 7.96. The number of pyridine rings is 1. The topological polar surface area (TPSA) is 86.7 Å². The van der Waals surface area contributed by atoms with Gasteiger partial charge in [-0.25, -0.2) is 14.6 Å². The van der Waals surface area contributed by atoms with Gasteiger partial charge >= 0.3 is 12.4 Å². The second-order valence-electron chi connectivity index (χ2n) is 7.60. The Bertz CT molecular complexity index is 1480. The van der Waals surface area contributed by atoms with Crippen molar-refractivity contribution in [2.45, 2.75) is 12.4 Å². The van der Waals surface area contributed by atoms with Crippen LogP contribution in [0.25, 0.3) is 34.5 Å². The molecule has 0 aliphatic rings. The van der Waals surface area contributed by atoms with Crippen molar-refractivity contribution >= 4 is 29.3 Å². The first-order valence-corrected chi connectivity index (χ1v) is 10.7. The number of hydrogen-bond acceptors (Lipinski definition) is 4. The predicted octanol–water partition coefficient (Wildman–Crippen LogP) is 6.18. The van der Waals surface area contributed by atoms with Gasteiger partial charge in [-0.2, -0.15) is 26.3 Å². The number of amides is 1. The summed E-state index contributed by atoms with van der Waals surface area (Å²) < 4.78 is 79.1. The molecule has 2 heterocycles. The van der Waals surface area contributed by atoms with Gasteiger partial charge in [-0.3, -0.25) is 4.79 Å². The van der Waals surface area contributed by atoms with Gasteiger partial charge in [0.25, 0.3) is 5.91 Å². The summed E-state index contributed by atoms with van der Waals surface area (Å²) in [6, 6.07) is 10.9. The van der Waals surface area contributed by atoms with Gasteiger partial charge in [0.1, 0.15) is 5.15 Å². The summed E-state index contributed by atoms with van der Waals surface area (Å²) in [5, 5.41) is 4.20. The fourth-order valence-corrected chi connectivity index (χ4v) is 3.55. The van der Waals surface area contributed by atoms with Gasteiger partial charge < -0.3 is 5.73 Å². The Morgan fingerprint density at radius 2 is 1.41 bits per heavy atom. The van der Waals surface area contributed by atoms with Crippen LogP contribution in [0.2, 0.25) is 5.15 Å². The molecule has 0 aliphatic carbocycles. The normalized spacial score (nSPS) is 12.6. The Hall–Kier alpha value is -4.19. The molecule has 0 saturated heterocycles. The van der Waals surface area contributed by atoms with Crippen molar-refractivity contribution in [3.63, 3.8) is 0 Å². The number of rotatable bonds is 5. The third-order valence-electron chi connectivity index (χ3n) is 5.14. The highest BCUT2D eigenvalue weighted by atomic mass is 35.5. The fraction of sp³-hybridized carbons (Fsp3) is 0.0833. The van der Waals surface area contributed by atoms with E-state index in [1.165, 1.54) is 24.5 Å². The summed E-state index contributed by atoms with van der Waals surface area (Å²) in [4.78, 5) is 20.4. The van der Waals surface area contributed by atoms with E-state index in [0.717, 1.165) is 53.2 Å². The molecule has 37 heavy (non-hydrogen) atoms. The zero-order valence-electron chi connectivity index (χ0n) is 18.3. The fourth-order valence-electron chi connectivity index (χ4n) is 3.32. The van der Waals surface area contributed by atoms with E-state index in [0.29, 0.717) is 0 Å². The van der Waals surface area contributed by atoms with Gasteiger partial charge in [0.15, 0.2) is 11.6 Å². The van der Waals surface area contributed by atoms with Crippen LogP contribution < -0.4 is 5.73 Å². The lowest BCUT2D eigenvalue weighted by atomic mass is 10.1. The van der Waals surface area contributed by atoms with Crippen LogP contribution in [0.5, 0.6) is 0 Å². The molecular formula is C24H14ClF6N5O. The molecule has 13 heteroatoms. The van der Waals surface area contributed by atoms with Crippen LogP contribution in [-0.4, -0.2) is 25.7 Å². The molecule has 0 radical (unpaired) electrons. The standard InChI is InChI=1S/C24H14ClF6N5O/c25-19-17(2-1-11-33-19)18(20(32)37)12-36-22(14-5-9-16(10-6-14)24(29,30)31)34-21(35-36)13-3-7-15(8-4-13)23(26,27)28/h1-12H,(H2,32,37)/b18-12+. The van der Waals surface area contributed by atoms with E-state index >= 15 is 0 Å². The van der Waals surface area contributed by atoms with Gasteiger partial charge in [0.05, 0.1) is 16.7 Å². The van der Waals surface area contributed by atoms with Gasteiger partial charge in [-0.15, -0.1) is 5.10 Å². The zero-order valence-corrected chi connectivity index (χ0v) is 19.1. The van der Waals surface area contributed by atoms with Gasteiger partial charge in [0.2, 0.25) is 0 Å². The highest BCUT2D eigenvalue weighted by Gasteiger charge is 2.31. The molecule has 1 amide bonds. The highest BCUT2D eigenvalue weighted by Crippen LogP contribution is 2.33. The molecule has 0 bridgehead atoms. The maximum Gasteiger partial charge on any atom is 0.416 e. The van der Waals surface area contributed by atoms with Crippen molar-refractivity contribution in [1.29, 1.82) is 0 Å². The lowest BCUT2D eigenvalue weighted by Gasteiger charge is -2.09. The highest BCUT2D eigenvalue weighted by molar-refractivity contribution is 6.34. The number of primary amides is 1. The molecule has 4 aromatic rings. The number of carbonyl (C=O) groups excluding carboxylic acids is 1. The Kier molecular flexibility index (Phi) is 6.78. The van der Waals surface area contributed by atoms with E-state index in [2.05, 4.69) is 15.1 Å². The summed E-state index contributed by atoms with van der Waals surface area (Å²) in [7, 11) is 0. The van der Waals surface area contributed by atoms with Crippen LogP contribution in [0.1, 0.15) is 16.7 Å². The lowest BCUT2D eigenvalue weighted by molar-refractivity contribution is -0.138. The number of halogens is 7. The number of aromatic nitrogens is 4. The number of nitrogens with two attached hydrogens (primary N) is 1. The van der Waals surface area contributed by atoms with E-state index in [4.69, 9.17) is 17.3 Å². The Balaban J connectivity index is 1.88. The summed E-state index contributed by atoms with van der Waals surface area (Å²) in [6.07, 6.45) is -6.58. The molecule has 0 atom stereocenters. The van der Waals surface area contributed by atoms with Gasteiger partial charge in [0, 0.05) is 29.1 Å². The van der Waals surface area contributed by atoms with E-state index in [1.54, 1.807) is 0 Å². The maximum absolute atomic E-state index is 13.0. The van der Waals surface area contributed by atoms with Crippen LogP contribution >= 0.6 is 11.6 Å². The van der Waals surface area contributed by atoms with Crippen LogP contribution in [0.3, 0.4) is 0 Å². The first-order chi connectivity index (χ1) is 17.3. The van der Waals surface area contributed by atoms with Crippen LogP contribution in [0, 0.1) is 0 Å². The van der Waals surface area contributed by atoms with Crippen molar-refractivity contribution in [1.82, 2.24) is 19.7 Å². The first-order valence-electron chi connectivity index (χ1n) is 10.3. The molecule has 4 rings (SSSR count). The number of carbonyl (C=O) groups is 1. The van der Waals surface area contributed by atoms with Crippen LogP contribution in [0.4, 0.5) is 26.3 Å². The Morgan fingerprint density at radius 1 is 0.865 bits per heavy atom. The largest absolute Gasteiger partial charge is 0.416 e. The number of hydrogen-bond donors (Lipinski definition) is 1. The van der Waals surface area contributed by atoms with Crippen molar-refractivity contribution in [3.05, 3.63) is 88.7 Å². The average Bonchev–Trinajstić information content (AvgIpc) is 3.26. The van der Waals surface area contributed by atoms with E-state index in [9.17, 15) is 31.1 Å². The average molecular weight is 538 g/mol. The molecular weight excluding hydrogens is 524 g/mol. The predicted molar refractivity (Wildman–Crippen MR) is 124 cm³/mol. The monoisotopic (exact) mass is 537 g/mol. The van der Waals surface area contributed by atoms with Crippen molar-refractivity contribution in [3.8, 4) is 22.8 Å². The molecule has 190 valence electrons. The molecule has 0 saturated carbocycles. The van der Waals surface area contributed by atoms with Crippen LogP contribution in [0.15, 0.2) is 66.9 Å². The van der Waals surface area contributed by atoms with E-state index < -0.39 is 29.4 Å². The molecule has 2 aromatic heterocycles. The van der Waals surface area contributed by atoms with Crippen molar-refractivity contribution < 1.29 is 31.1 Å². The molecule has 2 N–H and O–H groups in total. The molecule has 2 aromatic carbocycles. The smallest absolute Gasteiger partial charge is 0.366 e. The van der Waals surface area contributed by atoms with Crippen molar-refractivity contribution in [2.75, 3.05) is 0 Å². The number of benzene rings is 2. The maximum atomic E-state index is 13.0. The quantitative estimate of drug-likeness (QED) is 0.187. The Morgan fingerprint density at radius 3 is 1.89 bits per heavy atom. The number of nitrogens with zero attached hydrogens (tertiary/aromatic N) is 4. The molecule has 0 unspecified atom stereocenters. The van der Waals surface area contributed by atoms with Gasteiger partial charge in [-0.1, -0.05) is 35.9 Å². The first kappa shape index (κ1) is 25.9. The Labute approximate surface area is 210 Å². The number of alkyl halides is 6. The third-order valence-corrected chi connectivity index (χ3v) is 5.44. The molecule has 0 aliphatic heterocycles. The SMILES string of the molecule is NC(=O)/C(=C/n1nc(-c2ccc(C(F)(F)F)cc2)nc1-c1ccc(C(F)(F)F)cc1)c1cccnc1Cl. The molecule has 0 fully saturated rings. The van der Waals surface area contributed by atoms with E-state index in [1.807, 2.05) is 0 Å². The zero-order chi connectivity index (χ0) is 27.0. The lowest BCUT2D eigenvalue weighted by Crippen LogP contribution is -2.14. The van der Waals surface area contributed by atoms with Crippen molar-refractivity contribution in [2.24, 2.45) is 5.73 Å². The van der Waals surface area contributed by atoms with Gasteiger partial charge in [-0.05, 0) is 36.4 Å². The minimum Gasteiger partial charge on any atom is -0.366 e. The van der Waals surface area contributed by atoms with E-state index in [-0.39, 0.29) is 39.1 Å². The minimum atomic E-state index is -4.58. The third kappa shape index (κ3) is 5.64. The minimum absolute atomic E-state index is 0.0117. The summed E-state index contributed by atoms with van der Waals surface area (Å²) in [5.41, 5.74) is 4.12. The summed E-state index contributed by atoms with van der Waals surface area (Å²) >= 11 is 6.10. The second kappa shape index (κ2) is 9.69. The van der Waals surface area contributed by atoms with Crippen LogP contribution in [-0.2, 0) is 17.1 Å². The summed E-state index contributed by atoms with van der Waals surface area (Å²) in [5.74, 6) is -0.983. The molecule has 0 spiro atoms.